The van der Waals surface area contributed by atoms with Crippen molar-refractivity contribution in [2.45, 2.75) is 0 Å². The predicted octanol–water partition coefficient (Wildman–Crippen LogP) is 4.32. The molecule has 0 amide bonds. The summed E-state index contributed by atoms with van der Waals surface area (Å²) < 4.78 is 0. The van der Waals surface area contributed by atoms with Gasteiger partial charge in [-0.2, -0.15) is 0 Å². The van der Waals surface area contributed by atoms with Crippen molar-refractivity contribution in [3.05, 3.63) is 81.2 Å². The first-order valence-corrected chi connectivity index (χ1v) is 5.60. The molecule has 4 nitrogen and oxygen atoms in total. The van der Waals surface area contributed by atoms with Crippen LogP contribution in [0.15, 0.2) is 48.5 Å². The summed E-state index contributed by atoms with van der Waals surface area (Å²) in [5, 5.41) is 10.5. The van der Waals surface area contributed by atoms with Crippen LogP contribution < -0.4 is 0 Å². The molecule has 0 aliphatic rings. The Labute approximate surface area is 110 Å². The molecule has 2 aromatic rings. The van der Waals surface area contributed by atoms with Crippen molar-refractivity contribution in [2.75, 3.05) is 0 Å². The van der Waals surface area contributed by atoms with E-state index in [4.69, 9.17) is 6.57 Å². The van der Waals surface area contributed by atoms with Gasteiger partial charge in [0.1, 0.15) is 0 Å². The number of nitrogens with zero attached hydrogens (tertiary/aromatic N) is 2. The van der Waals surface area contributed by atoms with E-state index >= 15 is 0 Å². The van der Waals surface area contributed by atoms with Gasteiger partial charge in [-0.3, -0.25) is 10.1 Å². The lowest BCUT2D eigenvalue weighted by molar-refractivity contribution is -0.384. The maximum atomic E-state index is 10.5. The summed E-state index contributed by atoms with van der Waals surface area (Å²) in [5.41, 5.74) is 2.33. The van der Waals surface area contributed by atoms with Crippen molar-refractivity contribution >= 4 is 23.5 Å². The number of rotatable bonds is 3. The van der Waals surface area contributed by atoms with Crippen molar-refractivity contribution in [1.82, 2.24) is 0 Å². The highest BCUT2D eigenvalue weighted by atomic mass is 16.6. The van der Waals surface area contributed by atoms with Gasteiger partial charge < -0.3 is 0 Å². The average molecular weight is 250 g/mol. The van der Waals surface area contributed by atoms with Gasteiger partial charge in [0.15, 0.2) is 5.69 Å². The second-order valence-corrected chi connectivity index (χ2v) is 3.85. The maximum absolute atomic E-state index is 10.5. The van der Waals surface area contributed by atoms with Crippen LogP contribution in [0.3, 0.4) is 0 Å². The Morgan fingerprint density at radius 3 is 2.37 bits per heavy atom. The van der Waals surface area contributed by atoms with Crippen molar-refractivity contribution in [3.63, 3.8) is 0 Å². The fourth-order valence-corrected chi connectivity index (χ4v) is 1.62. The zero-order chi connectivity index (χ0) is 13.7. The second-order valence-electron chi connectivity index (χ2n) is 3.85. The summed E-state index contributed by atoms with van der Waals surface area (Å²) in [4.78, 5) is 13.5. The smallest absolute Gasteiger partial charge is 0.258 e. The quantitative estimate of drug-likeness (QED) is 0.352. The number of hydrogen-bond donors (Lipinski definition) is 0. The molecule has 4 heteroatoms. The van der Waals surface area contributed by atoms with Gasteiger partial charge in [-0.05, 0) is 23.3 Å². The highest BCUT2D eigenvalue weighted by Crippen LogP contribution is 2.21. The van der Waals surface area contributed by atoms with Gasteiger partial charge in [-0.25, -0.2) is 4.85 Å². The topological polar surface area (TPSA) is 47.5 Å². The van der Waals surface area contributed by atoms with E-state index in [1.165, 1.54) is 12.1 Å². The molecule has 2 aromatic carbocycles. The van der Waals surface area contributed by atoms with E-state index in [-0.39, 0.29) is 5.69 Å². The summed E-state index contributed by atoms with van der Waals surface area (Å²) in [5.74, 6) is 0. The third-order valence-corrected chi connectivity index (χ3v) is 2.62. The predicted molar refractivity (Wildman–Crippen MR) is 74.7 cm³/mol. The van der Waals surface area contributed by atoms with Crippen LogP contribution in [0.25, 0.3) is 17.0 Å². The van der Waals surface area contributed by atoms with Gasteiger partial charge in [-0.15, -0.1) is 0 Å². The monoisotopic (exact) mass is 250 g/mol. The number of non-ortho nitro benzene ring substituents is 1. The lowest BCUT2D eigenvalue weighted by Crippen LogP contribution is -1.86. The lowest BCUT2D eigenvalue weighted by Gasteiger charge is -1.97. The maximum Gasteiger partial charge on any atom is 0.269 e. The van der Waals surface area contributed by atoms with Crippen molar-refractivity contribution in [2.24, 2.45) is 0 Å². The SMILES string of the molecule is [C-]#[N+]c1ccccc1/C=C/c1ccc([N+](=O)[O-])cc1. The fraction of sp³-hybridized carbons (Fsp3) is 0. The fourth-order valence-electron chi connectivity index (χ4n) is 1.62. The van der Waals surface area contributed by atoms with Gasteiger partial charge in [0.25, 0.3) is 5.69 Å². The van der Waals surface area contributed by atoms with Crippen LogP contribution >= 0.6 is 0 Å². The van der Waals surface area contributed by atoms with Gasteiger partial charge in [0.2, 0.25) is 0 Å². The van der Waals surface area contributed by atoms with E-state index in [0.29, 0.717) is 5.69 Å². The van der Waals surface area contributed by atoms with Crippen LogP contribution in [-0.2, 0) is 0 Å². The van der Waals surface area contributed by atoms with E-state index < -0.39 is 4.92 Å². The molecule has 0 aromatic heterocycles. The summed E-state index contributed by atoms with van der Waals surface area (Å²) in [6.07, 6.45) is 3.66. The normalized spacial score (nSPS) is 10.3. The Morgan fingerprint density at radius 2 is 1.74 bits per heavy atom. The van der Waals surface area contributed by atoms with Crippen LogP contribution in [0, 0.1) is 16.7 Å². The molecule has 0 N–H and O–H groups in total. The molecule has 19 heavy (non-hydrogen) atoms. The van der Waals surface area contributed by atoms with E-state index in [0.717, 1.165) is 11.1 Å². The molecule has 0 bridgehead atoms. The molecule has 2 rings (SSSR count). The molecular formula is C15H10N2O2. The molecule has 0 saturated carbocycles. The molecule has 92 valence electrons. The van der Waals surface area contributed by atoms with Crippen molar-refractivity contribution in [3.8, 4) is 0 Å². The molecule has 0 atom stereocenters. The Kier molecular flexibility index (Phi) is 3.70. The highest BCUT2D eigenvalue weighted by Gasteiger charge is 2.02. The molecule has 0 fully saturated rings. The Balaban J connectivity index is 2.23. The summed E-state index contributed by atoms with van der Waals surface area (Å²) in [7, 11) is 0. The highest BCUT2D eigenvalue weighted by molar-refractivity contribution is 5.77. The number of nitro benzene ring substituents is 1. The number of para-hydroxylation sites is 1. The molecule has 0 radical (unpaired) electrons. The van der Waals surface area contributed by atoms with Gasteiger partial charge in [0.05, 0.1) is 11.5 Å². The number of benzene rings is 2. The third kappa shape index (κ3) is 3.05. The summed E-state index contributed by atoms with van der Waals surface area (Å²) in [6, 6.07) is 13.6. The first-order valence-electron chi connectivity index (χ1n) is 5.60. The minimum Gasteiger partial charge on any atom is -0.258 e. The standard InChI is InChI=1S/C15H10N2O2/c1-16-15-5-3-2-4-13(15)9-6-12-7-10-14(11-8-12)17(18)19/h2-11H/b9-6+. The van der Waals surface area contributed by atoms with E-state index in [1.54, 1.807) is 18.2 Å². The Bertz CT molecular complexity index is 667. The molecule has 0 aliphatic heterocycles. The third-order valence-electron chi connectivity index (χ3n) is 2.62. The molecule has 0 heterocycles. The van der Waals surface area contributed by atoms with Gasteiger partial charge in [-0.1, -0.05) is 36.4 Å². The lowest BCUT2D eigenvalue weighted by atomic mass is 10.1. The van der Waals surface area contributed by atoms with Crippen molar-refractivity contribution < 1.29 is 4.92 Å². The van der Waals surface area contributed by atoms with Crippen LogP contribution in [0.2, 0.25) is 0 Å². The average Bonchev–Trinajstić information content (AvgIpc) is 2.45. The Morgan fingerprint density at radius 1 is 1.05 bits per heavy atom. The first-order chi connectivity index (χ1) is 9.20. The largest absolute Gasteiger partial charge is 0.269 e. The molecule has 0 aliphatic carbocycles. The van der Waals surface area contributed by atoms with E-state index in [2.05, 4.69) is 4.85 Å². The zero-order valence-electron chi connectivity index (χ0n) is 9.98. The van der Waals surface area contributed by atoms with E-state index in [1.807, 2.05) is 30.4 Å². The van der Waals surface area contributed by atoms with Gasteiger partial charge in [0, 0.05) is 12.1 Å². The summed E-state index contributed by atoms with van der Waals surface area (Å²) >= 11 is 0. The van der Waals surface area contributed by atoms with Crippen LogP contribution in [-0.4, -0.2) is 4.92 Å². The van der Waals surface area contributed by atoms with Crippen LogP contribution in [0.1, 0.15) is 11.1 Å². The molecule has 0 saturated heterocycles. The van der Waals surface area contributed by atoms with E-state index in [9.17, 15) is 10.1 Å². The van der Waals surface area contributed by atoms with Crippen molar-refractivity contribution in [1.29, 1.82) is 0 Å². The minimum atomic E-state index is -0.429. The summed E-state index contributed by atoms with van der Waals surface area (Å²) in [6.45, 7) is 7.06. The molecule has 0 unspecified atom stereocenters. The minimum absolute atomic E-state index is 0.0682. The molecule has 0 spiro atoms. The Hall–Kier alpha value is -2.93. The first kappa shape index (κ1) is 12.5. The van der Waals surface area contributed by atoms with Crippen LogP contribution in [0.5, 0.6) is 0 Å². The van der Waals surface area contributed by atoms with Gasteiger partial charge >= 0.3 is 0 Å². The number of nitro groups is 1. The van der Waals surface area contributed by atoms with Crippen LogP contribution in [0.4, 0.5) is 11.4 Å². The second kappa shape index (κ2) is 5.61. The number of hydrogen-bond acceptors (Lipinski definition) is 2. The molecular weight excluding hydrogens is 240 g/mol. The zero-order valence-corrected chi connectivity index (χ0v) is 9.98.